The van der Waals surface area contributed by atoms with Crippen molar-refractivity contribution >= 4 is 27.5 Å². The van der Waals surface area contributed by atoms with Gasteiger partial charge in [0.2, 0.25) is 5.91 Å². The lowest BCUT2D eigenvalue weighted by Crippen LogP contribution is -2.37. The molecule has 7 nitrogen and oxygen atoms in total. The van der Waals surface area contributed by atoms with E-state index < -0.39 is 21.7 Å². The Morgan fingerprint density at radius 3 is 2.50 bits per heavy atom. The summed E-state index contributed by atoms with van der Waals surface area (Å²) in [6.07, 6.45) is 0.784. The molecule has 28 heavy (non-hydrogen) atoms. The molecular weight excluding hydrogens is 385 g/mol. The Bertz CT molecular complexity index is 977. The number of sulfonamides is 1. The van der Waals surface area contributed by atoms with Crippen LogP contribution >= 0.6 is 0 Å². The summed E-state index contributed by atoms with van der Waals surface area (Å²) in [5, 5.41) is 5.10. The topological polar surface area (TPSA) is 104 Å². The van der Waals surface area contributed by atoms with Crippen LogP contribution in [0, 0.1) is 12.7 Å². The molecule has 0 saturated heterocycles. The van der Waals surface area contributed by atoms with Crippen LogP contribution in [-0.4, -0.2) is 33.3 Å². The Kier molecular flexibility index (Phi) is 7.11. The number of benzene rings is 2. The Morgan fingerprint density at radius 2 is 1.82 bits per heavy atom. The van der Waals surface area contributed by atoms with Crippen LogP contribution in [0.15, 0.2) is 47.4 Å². The SMILES string of the molecule is CCCNC(=O)CNC(=O)c1cccc(NS(=O)(=O)c2ccc(C)c(F)c2)c1. The summed E-state index contributed by atoms with van der Waals surface area (Å²) >= 11 is 0. The monoisotopic (exact) mass is 407 g/mol. The lowest BCUT2D eigenvalue weighted by molar-refractivity contribution is -0.120. The highest BCUT2D eigenvalue weighted by molar-refractivity contribution is 7.92. The quantitative estimate of drug-likeness (QED) is 0.624. The van der Waals surface area contributed by atoms with E-state index in [1.165, 1.54) is 43.3 Å². The summed E-state index contributed by atoms with van der Waals surface area (Å²) in [4.78, 5) is 23.5. The van der Waals surface area contributed by atoms with E-state index in [2.05, 4.69) is 15.4 Å². The van der Waals surface area contributed by atoms with Crippen LogP contribution < -0.4 is 15.4 Å². The van der Waals surface area contributed by atoms with E-state index in [1.54, 1.807) is 0 Å². The molecule has 0 saturated carbocycles. The molecule has 2 rings (SSSR count). The number of aryl methyl sites for hydroxylation is 1. The summed E-state index contributed by atoms with van der Waals surface area (Å²) in [6, 6.07) is 9.39. The molecule has 2 aromatic rings. The van der Waals surface area contributed by atoms with Crippen LogP contribution in [0.1, 0.15) is 29.3 Å². The molecule has 0 aliphatic carbocycles. The van der Waals surface area contributed by atoms with Gasteiger partial charge in [-0.15, -0.1) is 0 Å². The van der Waals surface area contributed by atoms with Crippen molar-refractivity contribution in [2.75, 3.05) is 17.8 Å². The summed E-state index contributed by atoms with van der Waals surface area (Å²) in [5.41, 5.74) is 0.656. The number of amides is 2. The van der Waals surface area contributed by atoms with E-state index in [0.29, 0.717) is 12.1 Å². The highest BCUT2D eigenvalue weighted by Crippen LogP contribution is 2.19. The van der Waals surface area contributed by atoms with Gasteiger partial charge in [0.1, 0.15) is 5.82 Å². The zero-order chi connectivity index (χ0) is 20.7. The third kappa shape index (κ3) is 5.78. The maximum atomic E-state index is 13.7. The number of carbonyl (C=O) groups is 2. The van der Waals surface area contributed by atoms with Crippen LogP contribution in [0.3, 0.4) is 0 Å². The minimum Gasteiger partial charge on any atom is -0.355 e. The van der Waals surface area contributed by atoms with Gasteiger partial charge < -0.3 is 10.6 Å². The predicted octanol–water partition coefficient (Wildman–Crippen LogP) is 2.19. The van der Waals surface area contributed by atoms with Crippen molar-refractivity contribution in [1.82, 2.24) is 10.6 Å². The van der Waals surface area contributed by atoms with Crippen molar-refractivity contribution in [3.8, 4) is 0 Å². The fourth-order valence-electron chi connectivity index (χ4n) is 2.27. The Hall–Kier alpha value is -2.94. The van der Waals surface area contributed by atoms with Gasteiger partial charge in [-0.1, -0.05) is 19.1 Å². The number of hydrogen-bond acceptors (Lipinski definition) is 4. The van der Waals surface area contributed by atoms with Gasteiger partial charge in [-0.25, -0.2) is 12.8 Å². The molecule has 3 N–H and O–H groups in total. The number of anilines is 1. The zero-order valence-electron chi connectivity index (χ0n) is 15.6. The lowest BCUT2D eigenvalue weighted by atomic mass is 10.2. The van der Waals surface area contributed by atoms with Gasteiger partial charge >= 0.3 is 0 Å². The maximum absolute atomic E-state index is 13.7. The van der Waals surface area contributed by atoms with Crippen LogP contribution in [0.4, 0.5) is 10.1 Å². The van der Waals surface area contributed by atoms with E-state index in [1.807, 2.05) is 6.92 Å². The molecule has 2 amide bonds. The fraction of sp³-hybridized carbons (Fsp3) is 0.263. The Labute approximate surface area is 163 Å². The average Bonchev–Trinajstić information content (AvgIpc) is 2.66. The molecular formula is C19H22FN3O4S. The molecule has 0 fully saturated rings. The average molecular weight is 407 g/mol. The summed E-state index contributed by atoms with van der Waals surface area (Å²) in [6.45, 7) is 3.78. The summed E-state index contributed by atoms with van der Waals surface area (Å²) in [7, 11) is -4.02. The van der Waals surface area contributed by atoms with Gasteiger partial charge in [0, 0.05) is 17.8 Å². The molecule has 0 bridgehead atoms. The second-order valence-corrected chi connectivity index (χ2v) is 7.81. The Balaban J connectivity index is 2.08. The molecule has 0 heterocycles. The highest BCUT2D eigenvalue weighted by Gasteiger charge is 2.17. The van der Waals surface area contributed by atoms with Gasteiger partial charge in [-0.3, -0.25) is 14.3 Å². The van der Waals surface area contributed by atoms with Gasteiger partial charge in [0.05, 0.1) is 11.4 Å². The van der Waals surface area contributed by atoms with Crippen molar-refractivity contribution in [3.05, 3.63) is 59.4 Å². The molecule has 0 aliphatic heterocycles. The van der Waals surface area contributed by atoms with Crippen molar-refractivity contribution < 1.29 is 22.4 Å². The van der Waals surface area contributed by atoms with Crippen molar-refractivity contribution in [2.24, 2.45) is 0 Å². The summed E-state index contributed by atoms with van der Waals surface area (Å²) < 4.78 is 40.8. The number of nitrogens with one attached hydrogen (secondary N) is 3. The highest BCUT2D eigenvalue weighted by atomic mass is 32.2. The second-order valence-electron chi connectivity index (χ2n) is 6.13. The molecule has 0 atom stereocenters. The predicted molar refractivity (Wildman–Crippen MR) is 104 cm³/mol. The number of carbonyl (C=O) groups excluding carboxylic acids is 2. The first kappa shape index (κ1) is 21.4. The third-order valence-corrected chi connectivity index (χ3v) is 5.19. The first-order chi connectivity index (χ1) is 13.2. The van der Waals surface area contributed by atoms with E-state index in [9.17, 15) is 22.4 Å². The largest absolute Gasteiger partial charge is 0.355 e. The van der Waals surface area contributed by atoms with Gasteiger partial charge in [-0.05, 0) is 49.2 Å². The van der Waals surface area contributed by atoms with E-state index in [-0.39, 0.29) is 28.6 Å². The fourth-order valence-corrected chi connectivity index (χ4v) is 3.33. The maximum Gasteiger partial charge on any atom is 0.261 e. The third-order valence-electron chi connectivity index (χ3n) is 3.81. The molecule has 0 aliphatic rings. The first-order valence-corrected chi connectivity index (χ1v) is 10.1. The molecule has 0 spiro atoms. The second kappa shape index (κ2) is 9.32. The minimum atomic E-state index is -4.02. The van der Waals surface area contributed by atoms with Crippen LogP contribution in [0.25, 0.3) is 0 Å². The van der Waals surface area contributed by atoms with Gasteiger partial charge in [0.15, 0.2) is 0 Å². The standard InChI is InChI=1S/C19H22FN3O4S/c1-3-9-21-18(24)12-22-19(25)14-5-4-6-15(10-14)23-28(26,27)16-8-7-13(2)17(20)11-16/h4-8,10-11,23H,3,9,12H2,1-2H3,(H,21,24)(H,22,25). The molecule has 2 aromatic carbocycles. The first-order valence-electron chi connectivity index (χ1n) is 8.67. The van der Waals surface area contributed by atoms with Gasteiger partial charge in [0.25, 0.3) is 15.9 Å². The normalized spacial score (nSPS) is 11.0. The smallest absolute Gasteiger partial charge is 0.261 e. The molecule has 0 aromatic heterocycles. The van der Waals surface area contributed by atoms with Gasteiger partial charge in [-0.2, -0.15) is 0 Å². The molecule has 9 heteroatoms. The van der Waals surface area contributed by atoms with Crippen LogP contribution in [0.2, 0.25) is 0 Å². The number of rotatable bonds is 8. The van der Waals surface area contributed by atoms with Crippen molar-refractivity contribution in [2.45, 2.75) is 25.2 Å². The molecule has 0 radical (unpaired) electrons. The minimum absolute atomic E-state index is 0.143. The van der Waals surface area contributed by atoms with Crippen molar-refractivity contribution in [1.29, 1.82) is 0 Å². The lowest BCUT2D eigenvalue weighted by Gasteiger charge is -2.10. The van der Waals surface area contributed by atoms with Crippen LogP contribution in [0.5, 0.6) is 0 Å². The number of hydrogen-bond donors (Lipinski definition) is 3. The summed E-state index contributed by atoms with van der Waals surface area (Å²) in [5.74, 6) is -1.46. The van der Waals surface area contributed by atoms with E-state index in [0.717, 1.165) is 12.5 Å². The molecule has 150 valence electrons. The van der Waals surface area contributed by atoms with E-state index in [4.69, 9.17) is 0 Å². The van der Waals surface area contributed by atoms with Crippen LogP contribution in [-0.2, 0) is 14.8 Å². The number of halogens is 1. The van der Waals surface area contributed by atoms with Crippen molar-refractivity contribution in [3.63, 3.8) is 0 Å². The Morgan fingerprint density at radius 1 is 1.07 bits per heavy atom. The zero-order valence-corrected chi connectivity index (χ0v) is 16.4. The molecule has 0 unspecified atom stereocenters. The van der Waals surface area contributed by atoms with E-state index >= 15 is 0 Å².